The zero-order valence-electron chi connectivity index (χ0n) is 12.6. The molecule has 2 aromatic heterocycles. The Morgan fingerprint density at radius 2 is 2.04 bits per heavy atom. The van der Waals surface area contributed by atoms with E-state index in [1.54, 1.807) is 0 Å². The summed E-state index contributed by atoms with van der Waals surface area (Å²) in [6, 6.07) is 0. The molecule has 0 aliphatic carbocycles. The standard InChI is InChI=1S/C11H16N5O8P/c17-4-15-9-6-10(13-2-12-9)16(3-14-6)11-8(19)7(18)5(24-11)1-23-25(20,21)22/h2-3,5,7-8,11,17-19H,1,4H2,(H,12,13,15)(H2,20,21,22)/t5-,7-,8-,11-/m1/s1. The van der Waals surface area contributed by atoms with Gasteiger partial charge in [0.2, 0.25) is 0 Å². The third-order valence-corrected chi connectivity index (χ3v) is 4.11. The number of nitrogens with zero attached hydrogens (tertiary/aromatic N) is 4. The molecule has 13 nitrogen and oxygen atoms in total. The van der Waals surface area contributed by atoms with Crippen molar-refractivity contribution in [1.82, 2.24) is 19.5 Å². The highest BCUT2D eigenvalue weighted by atomic mass is 31.2. The number of aliphatic hydroxyl groups is 3. The zero-order valence-corrected chi connectivity index (χ0v) is 13.5. The number of imidazole rings is 1. The Kier molecular flexibility index (Phi) is 4.99. The minimum absolute atomic E-state index is 0.263. The van der Waals surface area contributed by atoms with E-state index in [-0.39, 0.29) is 18.2 Å². The lowest BCUT2D eigenvalue weighted by Gasteiger charge is -2.16. The molecule has 0 unspecified atom stereocenters. The molecular weight excluding hydrogens is 361 g/mol. The predicted molar refractivity (Wildman–Crippen MR) is 80.0 cm³/mol. The zero-order chi connectivity index (χ0) is 18.2. The summed E-state index contributed by atoms with van der Waals surface area (Å²) in [7, 11) is -4.74. The summed E-state index contributed by atoms with van der Waals surface area (Å²) in [5.74, 6) is 0.265. The van der Waals surface area contributed by atoms with Crippen LogP contribution in [0.3, 0.4) is 0 Å². The molecule has 0 aromatic carbocycles. The van der Waals surface area contributed by atoms with Crippen LogP contribution in [0.15, 0.2) is 12.7 Å². The normalized spacial score (nSPS) is 27.1. The molecule has 3 heterocycles. The van der Waals surface area contributed by atoms with Crippen LogP contribution < -0.4 is 5.32 Å². The van der Waals surface area contributed by atoms with Gasteiger partial charge in [0.15, 0.2) is 23.2 Å². The van der Waals surface area contributed by atoms with Gasteiger partial charge < -0.3 is 35.2 Å². The minimum atomic E-state index is -4.74. The average Bonchev–Trinajstić information content (AvgIpc) is 3.09. The van der Waals surface area contributed by atoms with Gasteiger partial charge in [-0.15, -0.1) is 0 Å². The fourth-order valence-electron chi connectivity index (χ4n) is 2.51. The third-order valence-electron chi connectivity index (χ3n) is 3.62. The van der Waals surface area contributed by atoms with E-state index in [2.05, 4.69) is 24.8 Å². The largest absolute Gasteiger partial charge is 0.469 e. The maximum atomic E-state index is 10.8. The monoisotopic (exact) mass is 377 g/mol. The molecule has 1 aliphatic rings. The van der Waals surface area contributed by atoms with E-state index in [1.165, 1.54) is 17.2 Å². The van der Waals surface area contributed by atoms with Gasteiger partial charge >= 0.3 is 7.82 Å². The van der Waals surface area contributed by atoms with Crippen molar-refractivity contribution in [3.63, 3.8) is 0 Å². The van der Waals surface area contributed by atoms with Gasteiger partial charge in [0, 0.05) is 0 Å². The molecule has 1 saturated heterocycles. The summed E-state index contributed by atoms with van der Waals surface area (Å²) in [6.45, 7) is -0.986. The molecule has 4 atom stereocenters. The highest BCUT2D eigenvalue weighted by Gasteiger charge is 2.45. The number of rotatable bonds is 6. The maximum absolute atomic E-state index is 10.8. The second kappa shape index (κ2) is 6.90. The number of nitrogens with one attached hydrogen (secondary N) is 1. The fourth-order valence-corrected chi connectivity index (χ4v) is 2.85. The van der Waals surface area contributed by atoms with Crippen molar-refractivity contribution in [3.05, 3.63) is 12.7 Å². The molecule has 14 heteroatoms. The average molecular weight is 377 g/mol. The van der Waals surface area contributed by atoms with Gasteiger partial charge in [0.1, 0.15) is 31.4 Å². The lowest BCUT2D eigenvalue weighted by atomic mass is 10.1. The summed E-state index contributed by atoms with van der Waals surface area (Å²) in [5, 5.41) is 31.7. The van der Waals surface area contributed by atoms with Gasteiger partial charge in [-0.25, -0.2) is 19.5 Å². The molecule has 2 aromatic rings. The van der Waals surface area contributed by atoms with Crippen LogP contribution >= 0.6 is 7.82 Å². The summed E-state index contributed by atoms with van der Waals surface area (Å²) in [5.41, 5.74) is 0.565. The van der Waals surface area contributed by atoms with Gasteiger partial charge in [-0.3, -0.25) is 9.09 Å². The summed E-state index contributed by atoms with van der Waals surface area (Å²) in [6.07, 6.45) is -2.61. The lowest BCUT2D eigenvalue weighted by molar-refractivity contribution is -0.0504. The van der Waals surface area contributed by atoms with Crippen LogP contribution in [-0.4, -0.2) is 76.3 Å². The van der Waals surface area contributed by atoms with Crippen molar-refractivity contribution in [2.24, 2.45) is 0 Å². The Morgan fingerprint density at radius 3 is 2.72 bits per heavy atom. The number of anilines is 1. The number of phosphoric ester groups is 1. The van der Waals surface area contributed by atoms with E-state index in [0.717, 1.165) is 0 Å². The number of aromatic nitrogens is 4. The first-order valence-electron chi connectivity index (χ1n) is 7.06. The Hall–Kier alpha value is -1.70. The Morgan fingerprint density at radius 1 is 1.28 bits per heavy atom. The molecule has 138 valence electrons. The van der Waals surface area contributed by atoms with Gasteiger partial charge in [-0.05, 0) is 0 Å². The second-order valence-electron chi connectivity index (χ2n) is 5.21. The van der Waals surface area contributed by atoms with Crippen LogP contribution in [0.1, 0.15) is 6.23 Å². The summed E-state index contributed by atoms with van der Waals surface area (Å²) >= 11 is 0. The lowest BCUT2D eigenvalue weighted by Crippen LogP contribution is -2.33. The second-order valence-corrected chi connectivity index (χ2v) is 6.45. The Bertz CT molecular complexity index is 796. The quantitative estimate of drug-likeness (QED) is 0.238. The number of fused-ring (bicyclic) bond motifs is 1. The Labute approximate surface area is 140 Å². The first-order chi connectivity index (χ1) is 11.8. The highest BCUT2D eigenvalue weighted by Crippen LogP contribution is 2.38. The molecular formula is C11H16N5O8P. The van der Waals surface area contributed by atoms with Crippen molar-refractivity contribution in [2.75, 3.05) is 18.7 Å². The van der Waals surface area contributed by atoms with Crippen LogP contribution in [0, 0.1) is 0 Å². The number of hydrogen-bond acceptors (Lipinski definition) is 10. The molecule has 0 amide bonds. The molecule has 0 spiro atoms. The van der Waals surface area contributed by atoms with Crippen molar-refractivity contribution in [1.29, 1.82) is 0 Å². The molecule has 0 bridgehead atoms. The van der Waals surface area contributed by atoms with Crippen LogP contribution in [0.4, 0.5) is 5.82 Å². The molecule has 1 aliphatic heterocycles. The van der Waals surface area contributed by atoms with E-state index in [0.29, 0.717) is 5.52 Å². The SMILES string of the molecule is O=P(O)(O)OC[C@H]1O[C@@H](n2cnc3c(NCO)ncnc32)[C@H](O)[C@@H]1O. The van der Waals surface area contributed by atoms with E-state index in [1.807, 2.05) is 0 Å². The van der Waals surface area contributed by atoms with E-state index in [4.69, 9.17) is 19.6 Å². The summed E-state index contributed by atoms with van der Waals surface area (Å²) < 4.78 is 21.9. The van der Waals surface area contributed by atoms with Gasteiger partial charge in [0.05, 0.1) is 12.9 Å². The van der Waals surface area contributed by atoms with Crippen molar-refractivity contribution in [3.8, 4) is 0 Å². The molecule has 25 heavy (non-hydrogen) atoms. The number of aliphatic hydroxyl groups excluding tert-OH is 3. The van der Waals surface area contributed by atoms with E-state index >= 15 is 0 Å². The molecule has 0 saturated carbocycles. The summed E-state index contributed by atoms with van der Waals surface area (Å²) in [4.78, 5) is 29.5. The molecule has 0 radical (unpaired) electrons. The number of ether oxygens (including phenoxy) is 1. The van der Waals surface area contributed by atoms with Crippen LogP contribution in [-0.2, 0) is 13.8 Å². The maximum Gasteiger partial charge on any atom is 0.469 e. The van der Waals surface area contributed by atoms with Crippen molar-refractivity contribution < 1.29 is 38.9 Å². The van der Waals surface area contributed by atoms with Crippen LogP contribution in [0.2, 0.25) is 0 Å². The van der Waals surface area contributed by atoms with E-state index < -0.39 is 39.0 Å². The smallest absolute Gasteiger partial charge is 0.387 e. The topological polar surface area (TPSA) is 192 Å². The molecule has 3 rings (SSSR count). The van der Waals surface area contributed by atoms with Gasteiger partial charge in [-0.1, -0.05) is 0 Å². The van der Waals surface area contributed by atoms with Crippen molar-refractivity contribution >= 4 is 24.8 Å². The van der Waals surface area contributed by atoms with Gasteiger partial charge in [-0.2, -0.15) is 0 Å². The highest BCUT2D eigenvalue weighted by molar-refractivity contribution is 7.46. The van der Waals surface area contributed by atoms with Gasteiger partial charge in [0.25, 0.3) is 0 Å². The van der Waals surface area contributed by atoms with E-state index in [9.17, 15) is 14.8 Å². The first-order valence-corrected chi connectivity index (χ1v) is 8.59. The minimum Gasteiger partial charge on any atom is -0.387 e. The molecule has 6 N–H and O–H groups in total. The predicted octanol–water partition coefficient (Wildman–Crippen LogP) is -2.08. The Balaban J connectivity index is 1.85. The van der Waals surface area contributed by atoms with Crippen molar-refractivity contribution in [2.45, 2.75) is 24.5 Å². The van der Waals surface area contributed by atoms with Crippen LogP contribution in [0.5, 0.6) is 0 Å². The van der Waals surface area contributed by atoms with Crippen LogP contribution in [0.25, 0.3) is 11.2 Å². The fraction of sp³-hybridized carbons (Fsp3) is 0.545. The first kappa shape index (κ1) is 18.1. The molecule has 1 fully saturated rings. The number of hydrogen-bond donors (Lipinski definition) is 6. The third kappa shape index (κ3) is 3.63. The number of phosphoric acid groups is 1.